The fourth-order valence-electron chi connectivity index (χ4n) is 1.05. The third-order valence-corrected chi connectivity index (χ3v) is 1.72. The summed E-state index contributed by atoms with van der Waals surface area (Å²) < 4.78 is 0. The number of hydrazine groups is 1. The van der Waals surface area contributed by atoms with Crippen LogP contribution in [0.3, 0.4) is 0 Å². The van der Waals surface area contributed by atoms with Gasteiger partial charge in [-0.3, -0.25) is 10.7 Å². The smallest absolute Gasteiger partial charge is 0.0599 e. The summed E-state index contributed by atoms with van der Waals surface area (Å²) in [5.74, 6) is 8.17. The van der Waals surface area contributed by atoms with Crippen LogP contribution in [-0.2, 0) is 0 Å². The predicted octanol–water partition coefficient (Wildman–Crippen LogP) is -0.889. The van der Waals surface area contributed by atoms with Crippen LogP contribution >= 0.6 is 0 Å². The molecule has 0 amide bonds. The van der Waals surface area contributed by atoms with Crippen LogP contribution in [0.1, 0.15) is 0 Å². The van der Waals surface area contributed by atoms with Crippen LogP contribution in [0.2, 0.25) is 0 Å². The number of hydrogen-bond acceptors (Lipinski definition) is 3. The van der Waals surface area contributed by atoms with Crippen molar-refractivity contribution in [2.75, 3.05) is 32.7 Å². The third-order valence-electron chi connectivity index (χ3n) is 1.72. The maximum Gasteiger partial charge on any atom is 0.0599 e. The molecule has 0 aliphatic carbocycles. The van der Waals surface area contributed by atoms with E-state index in [1.807, 2.05) is 5.01 Å². The Bertz CT molecular complexity index is 130. The lowest BCUT2D eigenvalue weighted by Crippen LogP contribution is -2.49. The highest BCUT2D eigenvalue weighted by molar-refractivity contribution is 4.89. The van der Waals surface area contributed by atoms with Gasteiger partial charge in [0.1, 0.15) is 0 Å². The van der Waals surface area contributed by atoms with E-state index in [0.29, 0.717) is 0 Å². The molecular weight excluding hydrogens is 126 g/mol. The highest BCUT2D eigenvalue weighted by Gasteiger charge is 2.11. The van der Waals surface area contributed by atoms with Crippen molar-refractivity contribution >= 4 is 0 Å². The number of piperazine rings is 1. The molecule has 3 nitrogen and oxygen atoms in total. The zero-order valence-electron chi connectivity index (χ0n) is 6.08. The molecule has 56 valence electrons. The van der Waals surface area contributed by atoms with Crippen molar-refractivity contribution in [3.63, 3.8) is 0 Å². The molecule has 1 saturated heterocycles. The minimum Gasteiger partial charge on any atom is -0.290 e. The van der Waals surface area contributed by atoms with Crippen molar-refractivity contribution in [2.24, 2.45) is 5.84 Å². The van der Waals surface area contributed by atoms with Crippen LogP contribution in [0.25, 0.3) is 0 Å². The normalized spacial score (nSPS) is 22.4. The molecule has 0 aromatic rings. The Morgan fingerprint density at radius 1 is 1.30 bits per heavy atom. The Labute approximate surface area is 61.8 Å². The lowest BCUT2D eigenvalue weighted by Gasteiger charge is -2.30. The topological polar surface area (TPSA) is 32.5 Å². The molecule has 0 radical (unpaired) electrons. The maximum atomic E-state index is 5.55. The molecular formula is C7H13N3. The molecule has 0 unspecified atom stereocenters. The van der Waals surface area contributed by atoms with Gasteiger partial charge < -0.3 is 0 Å². The quantitative estimate of drug-likeness (QED) is 0.378. The molecule has 1 heterocycles. The summed E-state index contributed by atoms with van der Waals surface area (Å²) in [6, 6.07) is 0. The van der Waals surface area contributed by atoms with Gasteiger partial charge >= 0.3 is 0 Å². The number of nitrogens with zero attached hydrogens (tertiary/aromatic N) is 2. The van der Waals surface area contributed by atoms with Crippen molar-refractivity contribution in [1.82, 2.24) is 9.91 Å². The van der Waals surface area contributed by atoms with Gasteiger partial charge in [-0.2, -0.15) is 0 Å². The average molecular weight is 139 g/mol. The Balaban J connectivity index is 2.21. The van der Waals surface area contributed by atoms with Gasteiger partial charge in [0.05, 0.1) is 6.54 Å². The summed E-state index contributed by atoms with van der Waals surface area (Å²) in [5, 5.41) is 1.83. The maximum absolute atomic E-state index is 5.55. The standard InChI is InChI=1S/C7H13N3/c1-2-3-9-4-6-10(8)7-5-9/h1H,3-8H2. The first kappa shape index (κ1) is 7.55. The molecule has 0 spiro atoms. The minimum atomic E-state index is 0.758. The molecule has 1 aliphatic rings. The third kappa shape index (κ3) is 1.99. The van der Waals surface area contributed by atoms with Gasteiger partial charge in [0.25, 0.3) is 0 Å². The number of terminal acetylenes is 1. The molecule has 0 aromatic heterocycles. The summed E-state index contributed by atoms with van der Waals surface area (Å²) >= 11 is 0. The summed E-state index contributed by atoms with van der Waals surface area (Å²) in [6.07, 6.45) is 5.16. The molecule has 1 rings (SSSR count). The fourth-order valence-corrected chi connectivity index (χ4v) is 1.05. The van der Waals surface area contributed by atoms with Crippen LogP contribution in [-0.4, -0.2) is 42.6 Å². The van der Waals surface area contributed by atoms with Crippen molar-refractivity contribution in [1.29, 1.82) is 0 Å². The van der Waals surface area contributed by atoms with Gasteiger partial charge in [0.15, 0.2) is 0 Å². The van der Waals surface area contributed by atoms with Gasteiger partial charge in [-0.05, 0) is 0 Å². The van der Waals surface area contributed by atoms with Gasteiger partial charge in [-0.1, -0.05) is 5.92 Å². The second kappa shape index (κ2) is 3.57. The fraction of sp³-hybridized carbons (Fsp3) is 0.714. The lowest BCUT2D eigenvalue weighted by atomic mass is 10.3. The van der Waals surface area contributed by atoms with Crippen molar-refractivity contribution < 1.29 is 0 Å². The number of hydrogen-bond donors (Lipinski definition) is 1. The van der Waals surface area contributed by atoms with E-state index in [-0.39, 0.29) is 0 Å². The van der Waals surface area contributed by atoms with Gasteiger partial charge in [0.2, 0.25) is 0 Å². The van der Waals surface area contributed by atoms with E-state index in [2.05, 4.69) is 10.8 Å². The summed E-state index contributed by atoms with van der Waals surface area (Å²) in [7, 11) is 0. The van der Waals surface area contributed by atoms with Crippen LogP contribution < -0.4 is 5.84 Å². The molecule has 0 aromatic carbocycles. The first-order chi connectivity index (χ1) is 4.83. The highest BCUT2D eigenvalue weighted by Crippen LogP contribution is 1.94. The van der Waals surface area contributed by atoms with Crippen LogP contribution in [0.5, 0.6) is 0 Å². The second-order valence-corrected chi connectivity index (χ2v) is 2.52. The summed E-state index contributed by atoms with van der Waals surface area (Å²) in [6.45, 7) is 4.62. The van der Waals surface area contributed by atoms with E-state index in [1.165, 1.54) is 0 Å². The molecule has 2 N–H and O–H groups in total. The first-order valence-corrected chi connectivity index (χ1v) is 3.48. The largest absolute Gasteiger partial charge is 0.290 e. The molecule has 3 heteroatoms. The van der Waals surface area contributed by atoms with Crippen LogP contribution in [0.4, 0.5) is 0 Å². The van der Waals surface area contributed by atoms with Gasteiger partial charge in [-0.15, -0.1) is 6.42 Å². The van der Waals surface area contributed by atoms with E-state index >= 15 is 0 Å². The van der Waals surface area contributed by atoms with Crippen molar-refractivity contribution in [2.45, 2.75) is 0 Å². The average Bonchev–Trinajstić information content (AvgIpc) is 1.95. The molecule has 10 heavy (non-hydrogen) atoms. The molecule has 0 saturated carbocycles. The first-order valence-electron chi connectivity index (χ1n) is 3.48. The molecule has 0 bridgehead atoms. The molecule has 1 aliphatic heterocycles. The summed E-state index contributed by atoms with van der Waals surface area (Å²) in [4.78, 5) is 2.23. The van der Waals surface area contributed by atoms with E-state index in [0.717, 1.165) is 32.7 Å². The molecule has 1 fully saturated rings. The SMILES string of the molecule is C#CCN1CCN(N)CC1. The summed E-state index contributed by atoms with van der Waals surface area (Å²) in [5.41, 5.74) is 0. The zero-order chi connectivity index (χ0) is 7.40. The zero-order valence-corrected chi connectivity index (χ0v) is 6.08. The Hall–Kier alpha value is -0.560. The Kier molecular flexibility index (Phi) is 2.69. The second-order valence-electron chi connectivity index (χ2n) is 2.52. The molecule has 0 atom stereocenters. The number of nitrogens with two attached hydrogens (primary N) is 1. The van der Waals surface area contributed by atoms with E-state index in [4.69, 9.17) is 12.3 Å². The monoisotopic (exact) mass is 139 g/mol. The van der Waals surface area contributed by atoms with Gasteiger partial charge in [0, 0.05) is 26.2 Å². The number of rotatable bonds is 1. The highest BCUT2D eigenvalue weighted by atomic mass is 15.4. The van der Waals surface area contributed by atoms with E-state index < -0.39 is 0 Å². The van der Waals surface area contributed by atoms with Crippen LogP contribution in [0, 0.1) is 12.3 Å². The minimum absolute atomic E-state index is 0.758. The van der Waals surface area contributed by atoms with Crippen molar-refractivity contribution in [3.05, 3.63) is 0 Å². The Morgan fingerprint density at radius 2 is 1.90 bits per heavy atom. The van der Waals surface area contributed by atoms with Gasteiger partial charge in [-0.25, -0.2) is 5.01 Å². The van der Waals surface area contributed by atoms with E-state index in [9.17, 15) is 0 Å². The van der Waals surface area contributed by atoms with E-state index in [1.54, 1.807) is 0 Å². The van der Waals surface area contributed by atoms with Crippen LogP contribution in [0.15, 0.2) is 0 Å². The Morgan fingerprint density at radius 3 is 2.40 bits per heavy atom. The lowest BCUT2D eigenvalue weighted by molar-refractivity contribution is 0.146. The predicted molar refractivity (Wildman–Crippen MR) is 41.0 cm³/mol. The van der Waals surface area contributed by atoms with Crippen molar-refractivity contribution in [3.8, 4) is 12.3 Å².